The van der Waals surface area contributed by atoms with Gasteiger partial charge in [0, 0.05) is 28.9 Å². The van der Waals surface area contributed by atoms with Crippen molar-refractivity contribution < 1.29 is 13.2 Å². The van der Waals surface area contributed by atoms with Crippen molar-refractivity contribution in [3.8, 4) is 11.3 Å². The maximum atomic E-state index is 12.7. The van der Waals surface area contributed by atoms with Crippen LogP contribution in [-0.4, -0.2) is 15.0 Å². The summed E-state index contributed by atoms with van der Waals surface area (Å²) in [5.41, 5.74) is 2.26. The number of anilines is 2. The number of hydrogen-bond acceptors (Lipinski definition) is 4. The number of hydrogen-bond donors (Lipinski definition) is 1. The Morgan fingerprint density at radius 2 is 1.68 bits per heavy atom. The first kappa shape index (κ1) is 17.9. The van der Waals surface area contributed by atoms with Crippen LogP contribution in [0.5, 0.6) is 0 Å². The first-order chi connectivity index (χ1) is 13.4. The summed E-state index contributed by atoms with van der Waals surface area (Å²) >= 11 is 0. The molecule has 0 amide bonds. The molecule has 2 aromatic carbocycles. The van der Waals surface area contributed by atoms with E-state index in [-0.39, 0.29) is 0 Å². The van der Waals surface area contributed by atoms with Crippen LogP contribution in [0.2, 0.25) is 0 Å². The number of aromatic nitrogens is 3. The average Bonchev–Trinajstić information content (AvgIpc) is 2.67. The Morgan fingerprint density at radius 3 is 2.43 bits per heavy atom. The van der Waals surface area contributed by atoms with Crippen LogP contribution in [-0.2, 0) is 6.18 Å². The van der Waals surface area contributed by atoms with Crippen LogP contribution in [0.3, 0.4) is 0 Å². The molecule has 28 heavy (non-hydrogen) atoms. The van der Waals surface area contributed by atoms with Crippen molar-refractivity contribution in [2.45, 2.75) is 13.1 Å². The van der Waals surface area contributed by atoms with Crippen LogP contribution < -0.4 is 5.32 Å². The molecule has 1 N–H and O–H groups in total. The minimum absolute atomic E-state index is 0.503. The van der Waals surface area contributed by atoms with E-state index in [2.05, 4.69) is 20.3 Å². The second-order valence-electron chi connectivity index (χ2n) is 6.30. The summed E-state index contributed by atoms with van der Waals surface area (Å²) in [5, 5.41) is 4.06. The minimum atomic E-state index is -4.36. The maximum absolute atomic E-state index is 12.7. The number of nitrogens with one attached hydrogen (secondary N) is 1. The van der Waals surface area contributed by atoms with Crippen molar-refractivity contribution in [1.29, 1.82) is 0 Å². The zero-order chi connectivity index (χ0) is 19.7. The van der Waals surface area contributed by atoms with E-state index < -0.39 is 11.7 Å². The first-order valence-corrected chi connectivity index (χ1v) is 8.54. The monoisotopic (exact) mass is 380 g/mol. The Balaban J connectivity index is 1.65. The van der Waals surface area contributed by atoms with Gasteiger partial charge in [0.05, 0.1) is 16.8 Å². The lowest BCUT2D eigenvalue weighted by atomic mass is 10.1. The van der Waals surface area contributed by atoms with Gasteiger partial charge in [0.25, 0.3) is 0 Å². The molecule has 4 nitrogen and oxygen atoms in total. The maximum Gasteiger partial charge on any atom is 0.416 e. The fourth-order valence-corrected chi connectivity index (χ4v) is 2.90. The van der Waals surface area contributed by atoms with Crippen LogP contribution in [0.25, 0.3) is 22.2 Å². The summed E-state index contributed by atoms with van der Waals surface area (Å²) < 4.78 is 38.1. The van der Waals surface area contributed by atoms with Crippen LogP contribution >= 0.6 is 0 Å². The molecule has 0 saturated heterocycles. The topological polar surface area (TPSA) is 50.7 Å². The third-order valence-electron chi connectivity index (χ3n) is 4.22. The van der Waals surface area contributed by atoms with Crippen molar-refractivity contribution in [2.75, 3.05) is 5.32 Å². The summed E-state index contributed by atoms with van der Waals surface area (Å²) in [7, 11) is 0. The van der Waals surface area contributed by atoms with Gasteiger partial charge < -0.3 is 5.32 Å². The van der Waals surface area contributed by atoms with E-state index in [9.17, 15) is 13.2 Å². The van der Waals surface area contributed by atoms with Gasteiger partial charge in [-0.3, -0.25) is 4.98 Å². The average molecular weight is 380 g/mol. The van der Waals surface area contributed by atoms with Gasteiger partial charge in [0.15, 0.2) is 0 Å². The number of pyridine rings is 1. The van der Waals surface area contributed by atoms with Gasteiger partial charge in [-0.1, -0.05) is 18.2 Å². The zero-order valence-electron chi connectivity index (χ0n) is 14.8. The zero-order valence-corrected chi connectivity index (χ0v) is 14.8. The van der Waals surface area contributed by atoms with Gasteiger partial charge in [-0.15, -0.1) is 0 Å². The van der Waals surface area contributed by atoms with Crippen molar-refractivity contribution in [1.82, 2.24) is 15.0 Å². The molecular weight excluding hydrogens is 365 g/mol. The van der Waals surface area contributed by atoms with E-state index in [0.29, 0.717) is 23.0 Å². The number of aryl methyl sites for hydroxylation is 1. The fraction of sp³-hybridized carbons (Fsp3) is 0.0952. The summed E-state index contributed by atoms with van der Waals surface area (Å²) in [4.78, 5) is 13.2. The van der Waals surface area contributed by atoms with E-state index >= 15 is 0 Å². The normalized spacial score (nSPS) is 11.6. The van der Waals surface area contributed by atoms with E-state index in [4.69, 9.17) is 0 Å². The quantitative estimate of drug-likeness (QED) is 0.491. The molecule has 0 aliphatic rings. The SMILES string of the molecule is Cc1nc(Nc2ccc(C(F)(F)F)cc2)cc(-c2ccc3cccnc3c2)n1. The Morgan fingerprint density at radius 1 is 0.893 bits per heavy atom. The molecule has 0 atom stereocenters. The van der Waals surface area contributed by atoms with E-state index in [1.165, 1.54) is 12.1 Å². The molecule has 0 aliphatic heterocycles. The molecule has 0 spiro atoms. The van der Waals surface area contributed by atoms with Crippen LogP contribution in [0.15, 0.2) is 66.9 Å². The molecule has 4 rings (SSSR count). The van der Waals surface area contributed by atoms with Crippen molar-refractivity contribution in [2.24, 2.45) is 0 Å². The standard InChI is InChI=1S/C21H15F3N4/c1-13-26-19(15-5-4-14-3-2-10-25-18(14)11-15)12-20(27-13)28-17-8-6-16(7-9-17)21(22,23)24/h2-12H,1H3,(H,26,27,28). The Hall–Kier alpha value is -3.48. The van der Waals surface area contributed by atoms with Gasteiger partial charge in [-0.2, -0.15) is 13.2 Å². The van der Waals surface area contributed by atoms with Crippen molar-refractivity contribution in [3.63, 3.8) is 0 Å². The number of halogens is 3. The summed E-state index contributed by atoms with van der Waals surface area (Å²) in [6.45, 7) is 1.76. The molecule has 0 aliphatic carbocycles. The minimum Gasteiger partial charge on any atom is -0.340 e. The summed E-state index contributed by atoms with van der Waals surface area (Å²) in [6.07, 6.45) is -2.63. The molecule has 0 fully saturated rings. The highest BCUT2D eigenvalue weighted by Gasteiger charge is 2.29. The Kier molecular flexibility index (Phi) is 4.43. The highest BCUT2D eigenvalue weighted by atomic mass is 19.4. The summed E-state index contributed by atoms with van der Waals surface area (Å²) in [5.74, 6) is 1.05. The van der Waals surface area contributed by atoms with Crippen molar-refractivity contribution in [3.05, 3.63) is 78.2 Å². The largest absolute Gasteiger partial charge is 0.416 e. The summed E-state index contributed by atoms with van der Waals surface area (Å²) in [6, 6.07) is 16.3. The smallest absolute Gasteiger partial charge is 0.340 e. The molecular formula is C21H15F3N4. The van der Waals surface area contributed by atoms with Crippen molar-refractivity contribution >= 4 is 22.4 Å². The number of alkyl halides is 3. The highest BCUT2D eigenvalue weighted by molar-refractivity contribution is 5.83. The molecule has 140 valence electrons. The molecule has 0 unspecified atom stereocenters. The second-order valence-corrected chi connectivity index (χ2v) is 6.30. The fourth-order valence-electron chi connectivity index (χ4n) is 2.90. The molecule has 7 heteroatoms. The van der Waals surface area contributed by atoms with E-state index in [0.717, 1.165) is 28.6 Å². The Labute approximate surface area is 159 Å². The van der Waals surface area contributed by atoms with Crippen LogP contribution in [0, 0.1) is 6.92 Å². The van der Waals surface area contributed by atoms with Crippen LogP contribution in [0.4, 0.5) is 24.7 Å². The molecule has 0 bridgehead atoms. The third-order valence-corrected chi connectivity index (χ3v) is 4.22. The number of fused-ring (bicyclic) bond motifs is 1. The number of benzene rings is 2. The molecule has 0 saturated carbocycles. The second kappa shape index (κ2) is 6.92. The number of rotatable bonds is 3. The third kappa shape index (κ3) is 3.78. The van der Waals surface area contributed by atoms with Gasteiger partial charge in [0.1, 0.15) is 11.6 Å². The number of nitrogens with zero attached hydrogens (tertiary/aromatic N) is 3. The van der Waals surface area contributed by atoms with Gasteiger partial charge >= 0.3 is 6.18 Å². The molecule has 2 heterocycles. The predicted octanol–water partition coefficient (Wildman–Crippen LogP) is 5.76. The van der Waals surface area contributed by atoms with Crippen LogP contribution in [0.1, 0.15) is 11.4 Å². The first-order valence-electron chi connectivity index (χ1n) is 8.54. The van der Waals surface area contributed by atoms with Gasteiger partial charge in [-0.05, 0) is 43.3 Å². The molecule has 4 aromatic rings. The highest BCUT2D eigenvalue weighted by Crippen LogP contribution is 2.30. The lowest BCUT2D eigenvalue weighted by Gasteiger charge is -2.11. The van der Waals surface area contributed by atoms with Gasteiger partial charge in [0.2, 0.25) is 0 Å². The Bertz CT molecular complexity index is 1140. The van der Waals surface area contributed by atoms with Gasteiger partial charge in [-0.25, -0.2) is 9.97 Å². The molecule has 2 aromatic heterocycles. The van der Waals surface area contributed by atoms with E-state index in [1.54, 1.807) is 19.2 Å². The lowest BCUT2D eigenvalue weighted by molar-refractivity contribution is -0.137. The lowest BCUT2D eigenvalue weighted by Crippen LogP contribution is -2.04. The van der Waals surface area contributed by atoms with E-state index in [1.807, 2.05) is 30.3 Å². The molecule has 0 radical (unpaired) electrons. The predicted molar refractivity (Wildman–Crippen MR) is 102 cm³/mol.